The number of hydrogen-bond acceptors (Lipinski definition) is 3. The number of rotatable bonds is 10. The zero-order chi connectivity index (χ0) is 13.9. The lowest BCUT2D eigenvalue weighted by Crippen LogP contribution is -2.18. The van der Waals surface area contributed by atoms with Crippen LogP contribution in [0.25, 0.3) is 0 Å². The van der Waals surface area contributed by atoms with E-state index in [2.05, 4.69) is 43.0 Å². The van der Waals surface area contributed by atoms with Crippen LogP contribution in [0.1, 0.15) is 18.4 Å². The van der Waals surface area contributed by atoms with Crippen molar-refractivity contribution in [3.05, 3.63) is 42.5 Å². The van der Waals surface area contributed by atoms with Gasteiger partial charge in [-0.3, -0.25) is 0 Å². The molecule has 0 unspecified atom stereocenters. The van der Waals surface area contributed by atoms with Gasteiger partial charge in [0.2, 0.25) is 0 Å². The summed E-state index contributed by atoms with van der Waals surface area (Å²) in [7, 11) is 4.23. The molecule has 0 fully saturated rings. The minimum atomic E-state index is 0.559. The maximum atomic E-state index is 5.45. The van der Waals surface area contributed by atoms with Gasteiger partial charge < -0.3 is 15.0 Å². The van der Waals surface area contributed by atoms with E-state index in [9.17, 15) is 0 Å². The molecule has 1 rings (SSSR count). The van der Waals surface area contributed by atoms with E-state index < -0.39 is 0 Å². The summed E-state index contributed by atoms with van der Waals surface area (Å²) in [5.41, 5.74) is 1.29. The minimum absolute atomic E-state index is 0.559. The maximum absolute atomic E-state index is 5.45. The van der Waals surface area contributed by atoms with E-state index in [0.29, 0.717) is 6.61 Å². The van der Waals surface area contributed by atoms with Crippen LogP contribution in [0.3, 0.4) is 0 Å². The first-order valence-electron chi connectivity index (χ1n) is 6.90. The van der Waals surface area contributed by atoms with Gasteiger partial charge in [-0.1, -0.05) is 24.8 Å². The molecule has 0 spiro atoms. The minimum Gasteiger partial charge on any atom is -0.490 e. The lowest BCUT2D eigenvalue weighted by atomic mass is 10.2. The van der Waals surface area contributed by atoms with Gasteiger partial charge in [0.1, 0.15) is 12.4 Å². The number of hydrogen-bond donors (Lipinski definition) is 1. The van der Waals surface area contributed by atoms with E-state index in [1.165, 1.54) is 18.4 Å². The quantitative estimate of drug-likeness (QED) is 0.518. The van der Waals surface area contributed by atoms with E-state index in [-0.39, 0.29) is 0 Å². The highest BCUT2D eigenvalue weighted by Crippen LogP contribution is 2.11. The molecule has 0 saturated heterocycles. The summed E-state index contributed by atoms with van der Waals surface area (Å²) in [6.45, 7) is 7.35. The summed E-state index contributed by atoms with van der Waals surface area (Å²) in [6.07, 6.45) is 4.22. The number of benzene rings is 1. The fourth-order valence-electron chi connectivity index (χ4n) is 1.77. The molecule has 0 amide bonds. The summed E-state index contributed by atoms with van der Waals surface area (Å²) < 4.78 is 5.45. The van der Waals surface area contributed by atoms with Gasteiger partial charge in [-0.25, -0.2) is 0 Å². The Morgan fingerprint density at radius 2 is 1.95 bits per heavy atom. The third kappa shape index (κ3) is 7.65. The molecule has 3 heteroatoms. The highest BCUT2D eigenvalue weighted by atomic mass is 16.5. The highest BCUT2D eigenvalue weighted by molar-refractivity contribution is 5.27. The van der Waals surface area contributed by atoms with Gasteiger partial charge >= 0.3 is 0 Å². The SMILES string of the molecule is C=CCOc1ccc(CNCCCCN(C)C)cc1. The fraction of sp³-hybridized carbons (Fsp3) is 0.500. The second kappa shape index (κ2) is 9.59. The molecule has 0 bridgehead atoms. The Morgan fingerprint density at radius 3 is 2.58 bits per heavy atom. The molecular weight excluding hydrogens is 236 g/mol. The Morgan fingerprint density at radius 1 is 1.21 bits per heavy atom. The normalized spacial score (nSPS) is 10.7. The standard InChI is InChI=1S/C16H26N2O/c1-4-13-19-16-9-7-15(8-10-16)14-17-11-5-6-12-18(2)3/h4,7-10,17H,1,5-6,11-14H2,2-3H3. The Labute approximate surface area is 117 Å². The van der Waals surface area contributed by atoms with Crippen molar-refractivity contribution in [2.24, 2.45) is 0 Å². The zero-order valence-electron chi connectivity index (χ0n) is 12.2. The number of nitrogens with one attached hydrogen (secondary N) is 1. The van der Waals surface area contributed by atoms with Crippen LogP contribution < -0.4 is 10.1 Å². The predicted octanol–water partition coefficient (Wildman–Crippen LogP) is 2.68. The highest BCUT2D eigenvalue weighted by Gasteiger charge is 1.95. The van der Waals surface area contributed by atoms with Crippen LogP contribution in [-0.4, -0.2) is 38.7 Å². The molecule has 0 aliphatic rings. The van der Waals surface area contributed by atoms with Crippen molar-refractivity contribution in [1.29, 1.82) is 0 Å². The van der Waals surface area contributed by atoms with E-state index in [0.717, 1.165) is 25.4 Å². The third-order valence-corrected chi connectivity index (χ3v) is 2.83. The monoisotopic (exact) mass is 262 g/mol. The molecule has 106 valence electrons. The predicted molar refractivity (Wildman–Crippen MR) is 81.6 cm³/mol. The third-order valence-electron chi connectivity index (χ3n) is 2.83. The lowest BCUT2D eigenvalue weighted by Gasteiger charge is -2.09. The molecule has 0 saturated carbocycles. The van der Waals surface area contributed by atoms with Gasteiger partial charge in [0, 0.05) is 6.54 Å². The number of nitrogens with zero attached hydrogens (tertiary/aromatic N) is 1. The molecule has 0 aromatic heterocycles. The Balaban J connectivity index is 2.14. The fourth-order valence-corrected chi connectivity index (χ4v) is 1.77. The van der Waals surface area contributed by atoms with Crippen molar-refractivity contribution in [2.75, 3.05) is 33.8 Å². The molecule has 3 nitrogen and oxygen atoms in total. The summed E-state index contributed by atoms with van der Waals surface area (Å²) in [5.74, 6) is 0.898. The molecule has 0 aliphatic carbocycles. The van der Waals surface area contributed by atoms with Gasteiger partial charge in [0.25, 0.3) is 0 Å². The molecule has 0 aliphatic heterocycles. The number of unbranched alkanes of at least 4 members (excludes halogenated alkanes) is 1. The van der Waals surface area contributed by atoms with E-state index in [4.69, 9.17) is 4.74 Å². The van der Waals surface area contributed by atoms with Crippen molar-refractivity contribution in [3.63, 3.8) is 0 Å². The van der Waals surface area contributed by atoms with Crippen LogP contribution in [-0.2, 0) is 6.54 Å². The summed E-state index contributed by atoms with van der Waals surface area (Å²) in [5, 5.41) is 3.46. The van der Waals surface area contributed by atoms with Crippen LogP contribution in [0, 0.1) is 0 Å². The average Bonchev–Trinajstić information content (AvgIpc) is 2.41. The van der Waals surface area contributed by atoms with Gasteiger partial charge in [-0.05, 0) is 57.7 Å². The molecule has 0 atom stereocenters. The van der Waals surface area contributed by atoms with Crippen molar-refractivity contribution in [3.8, 4) is 5.75 Å². The van der Waals surface area contributed by atoms with Crippen molar-refractivity contribution >= 4 is 0 Å². The second-order valence-electron chi connectivity index (χ2n) is 4.93. The van der Waals surface area contributed by atoms with Crippen LogP contribution >= 0.6 is 0 Å². The first-order chi connectivity index (χ1) is 9.22. The molecule has 0 radical (unpaired) electrons. The average molecular weight is 262 g/mol. The van der Waals surface area contributed by atoms with Crippen LogP contribution in [0.4, 0.5) is 0 Å². The van der Waals surface area contributed by atoms with Crippen molar-refractivity contribution in [1.82, 2.24) is 10.2 Å². The molecule has 1 aromatic carbocycles. The van der Waals surface area contributed by atoms with Gasteiger partial charge in [-0.2, -0.15) is 0 Å². The van der Waals surface area contributed by atoms with Crippen LogP contribution in [0.15, 0.2) is 36.9 Å². The first kappa shape index (κ1) is 15.7. The van der Waals surface area contributed by atoms with E-state index >= 15 is 0 Å². The largest absolute Gasteiger partial charge is 0.490 e. The summed E-state index contributed by atoms with van der Waals surface area (Å²) in [6, 6.07) is 8.22. The maximum Gasteiger partial charge on any atom is 0.119 e. The molecule has 1 N–H and O–H groups in total. The summed E-state index contributed by atoms with van der Waals surface area (Å²) in [4.78, 5) is 2.22. The van der Waals surface area contributed by atoms with Gasteiger partial charge in [0.15, 0.2) is 0 Å². The van der Waals surface area contributed by atoms with Crippen LogP contribution in [0.2, 0.25) is 0 Å². The van der Waals surface area contributed by atoms with E-state index in [1.54, 1.807) is 6.08 Å². The topological polar surface area (TPSA) is 24.5 Å². The Bertz CT molecular complexity index is 346. The van der Waals surface area contributed by atoms with Crippen LogP contribution in [0.5, 0.6) is 5.75 Å². The first-order valence-corrected chi connectivity index (χ1v) is 6.90. The molecular formula is C16H26N2O. The molecule has 1 aromatic rings. The van der Waals surface area contributed by atoms with Gasteiger partial charge in [-0.15, -0.1) is 0 Å². The zero-order valence-corrected chi connectivity index (χ0v) is 12.2. The Hall–Kier alpha value is -1.32. The van der Waals surface area contributed by atoms with Gasteiger partial charge in [0.05, 0.1) is 0 Å². The number of ether oxygens (including phenoxy) is 1. The summed E-state index contributed by atoms with van der Waals surface area (Å²) >= 11 is 0. The Kier molecular flexibility index (Phi) is 7.94. The molecule has 0 heterocycles. The van der Waals surface area contributed by atoms with E-state index in [1.807, 2.05) is 12.1 Å². The molecule has 19 heavy (non-hydrogen) atoms. The second-order valence-corrected chi connectivity index (χ2v) is 4.93. The van der Waals surface area contributed by atoms with Crippen molar-refractivity contribution in [2.45, 2.75) is 19.4 Å². The lowest BCUT2D eigenvalue weighted by molar-refractivity contribution is 0.363. The smallest absolute Gasteiger partial charge is 0.119 e. The van der Waals surface area contributed by atoms with Crippen molar-refractivity contribution < 1.29 is 4.74 Å².